The van der Waals surface area contributed by atoms with Gasteiger partial charge in [0, 0.05) is 17.8 Å². The molecular weight excluding hydrogens is 319 g/mol. The summed E-state index contributed by atoms with van der Waals surface area (Å²) in [5.74, 6) is -0.706. The molecule has 1 unspecified atom stereocenters. The van der Waals surface area contributed by atoms with E-state index in [9.17, 15) is 18.3 Å². The van der Waals surface area contributed by atoms with Crippen molar-refractivity contribution in [2.24, 2.45) is 5.92 Å². The molecule has 0 aliphatic carbocycles. The lowest BCUT2D eigenvalue weighted by Gasteiger charge is -2.34. The first-order valence-electron chi connectivity index (χ1n) is 8.00. The zero-order valence-corrected chi connectivity index (χ0v) is 13.1. The molecule has 0 radical (unpaired) electrons. The molecule has 0 amide bonds. The van der Waals surface area contributed by atoms with Crippen LogP contribution in [-0.2, 0) is 6.54 Å². The van der Waals surface area contributed by atoms with Crippen molar-refractivity contribution < 1.29 is 18.3 Å². The molecule has 7 heteroatoms. The molecule has 4 nitrogen and oxygen atoms in total. The first kappa shape index (κ1) is 17.0. The molecule has 1 aromatic carbocycles. The first-order valence-corrected chi connectivity index (χ1v) is 8.00. The van der Waals surface area contributed by atoms with Gasteiger partial charge >= 0.3 is 6.18 Å². The van der Waals surface area contributed by atoms with Gasteiger partial charge in [-0.3, -0.25) is 10.00 Å². The molecule has 1 atom stereocenters. The van der Waals surface area contributed by atoms with Crippen LogP contribution in [0, 0.1) is 5.92 Å². The second-order valence-electron chi connectivity index (χ2n) is 6.24. The standard InChI is InChI=1S/C17H20F3N3O/c18-17(19,20)16(24)13-6-8-23(9-7-13)11-14-10-15(22-21-14)12-4-2-1-3-5-12/h1-5,10,13,16,24H,6-9,11H2,(H,21,22). The van der Waals surface area contributed by atoms with E-state index < -0.39 is 18.2 Å². The number of hydrogen-bond acceptors (Lipinski definition) is 3. The van der Waals surface area contributed by atoms with Crippen LogP contribution in [0.1, 0.15) is 18.5 Å². The lowest BCUT2D eigenvalue weighted by atomic mass is 9.91. The smallest absolute Gasteiger partial charge is 0.383 e. The Kier molecular flexibility index (Phi) is 4.91. The summed E-state index contributed by atoms with van der Waals surface area (Å²) in [5.41, 5.74) is 2.81. The van der Waals surface area contributed by atoms with Gasteiger partial charge in [0.2, 0.25) is 0 Å². The second-order valence-corrected chi connectivity index (χ2v) is 6.24. The number of nitrogens with zero attached hydrogens (tertiary/aromatic N) is 2. The van der Waals surface area contributed by atoms with Gasteiger partial charge in [-0.2, -0.15) is 18.3 Å². The summed E-state index contributed by atoms with van der Waals surface area (Å²) >= 11 is 0. The summed E-state index contributed by atoms with van der Waals surface area (Å²) in [6.45, 7) is 1.70. The number of likely N-dealkylation sites (tertiary alicyclic amines) is 1. The van der Waals surface area contributed by atoms with Crippen LogP contribution in [0.2, 0.25) is 0 Å². The van der Waals surface area contributed by atoms with Crippen LogP contribution in [-0.4, -0.2) is 45.6 Å². The maximum atomic E-state index is 12.6. The van der Waals surface area contributed by atoms with Gasteiger partial charge in [0.1, 0.15) is 0 Å². The fraction of sp³-hybridized carbons (Fsp3) is 0.471. The van der Waals surface area contributed by atoms with E-state index in [4.69, 9.17) is 0 Å². The van der Waals surface area contributed by atoms with Crippen LogP contribution in [0.15, 0.2) is 36.4 Å². The Morgan fingerprint density at radius 1 is 1.21 bits per heavy atom. The third-order valence-electron chi connectivity index (χ3n) is 4.51. The Morgan fingerprint density at radius 3 is 2.50 bits per heavy atom. The van der Waals surface area contributed by atoms with Crippen molar-refractivity contribution in [1.29, 1.82) is 0 Å². The van der Waals surface area contributed by atoms with Gasteiger partial charge in [-0.1, -0.05) is 30.3 Å². The van der Waals surface area contributed by atoms with E-state index >= 15 is 0 Å². The summed E-state index contributed by atoms with van der Waals surface area (Å²) in [7, 11) is 0. The molecule has 1 fully saturated rings. The van der Waals surface area contributed by atoms with Crippen LogP contribution in [0.5, 0.6) is 0 Å². The molecule has 0 bridgehead atoms. The van der Waals surface area contributed by atoms with E-state index in [0.717, 1.165) is 17.0 Å². The molecular formula is C17H20F3N3O. The summed E-state index contributed by atoms with van der Waals surface area (Å²) in [5, 5.41) is 16.6. The van der Waals surface area contributed by atoms with Crippen molar-refractivity contribution in [3.63, 3.8) is 0 Å². The molecule has 2 N–H and O–H groups in total. The summed E-state index contributed by atoms with van der Waals surface area (Å²) in [6.07, 6.45) is -6.04. The SMILES string of the molecule is OC(C1CCN(Cc2cc(-c3ccccc3)n[nH]2)CC1)C(F)(F)F. The molecule has 24 heavy (non-hydrogen) atoms. The topological polar surface area (TPSA) is 52.1 Å². The molecule has 1 aliphatic rings. The highest BCUT2D eigenvalue weighted by Gasteiger charge is 2.44. The van der Waals surface area contributed by atoms with Crippen molar-refractivity contribution in [2.45, 2.75) is 31.7 Å². The second kappa shape index (κ2) is 6.94. The number of halogens is 3. The zero-order chi connectivity index (χ0) is 17.2. The average molecular weight is 339 g/mol. The minimum atomic E-state index is -4.53. The Hall–Kier alpha value is -1.86. The summed E-state index contributed by atoms with van der Waals surface area (Å²) in [4.78, 5) is 2.09. The van der Waals surface area contributed by atoms with Crippen LogP contribution in [0.4, 0.5) is 13.2 Å². The van der Waals surface area contributed by atoms with Gasteiger partial charge in [-0.15, -0.1) is 0 Å². The lowest BCUT2D eigenvalue weighted by Crippen LogP contribution is -2.43. The molecule has 1 saturated heterocycles. The predicted molar refractivity (Wildman–Crippen MR) is 84.1 cm³/mol. The average Bonchev–Trinajstić information content (AvgIpc) is 3.03. The highest BCUT2D eigenvalue weighted by atomic mass is 19.4. The summed E-state index contributed by atoms with van der Waals surface area (Å²) < 4.78 is 37.7. The van der Waals surface area contributed by atoms with Crippen molar-refractivity contribution in [3.05, 3.63) is 42.1 Å². The molecule has 0 saturated carbocycles. The number of nitrogens with one attached hydrogen (secondary N) is 1. The number of aromatic nitrogens is 2. The highest BCUT2D eigenvalue weighted by Crippen LogP contribution is 2.32. The normalized spacial score (nSPS) is 18.7. The van der Waals surface area contributed by atoms with E-state index in [1.54, 1.807) is 0 Å². The number of alkyl halides is 3. The fourth-order valence-electron chi connectivity index (χ4n) is 3.13. The van der Waals surface area contributed by atoms with Gasteiger partial charge < -0.3 is 5.11 Å². The molecule has 3 rings (SSSR count). The number of rotatable bonds is 4. The number of aliphatic hydroxyl groups excluding tert-OH is 1. The van der Waals surface area contributed by atoms with Crippen molar-refractivity contribution >= 4 is 0 Å². The predicted octanol–water partition coefficient (Wildman–Crippen LogP) is 3.21. The molecule has 1 aromatic heterocycles. The van der Waals surface area contributed by atoms with Crippen LogP contribution < -0.4 is 0 Å². The number of aromatic amines is 1. The maximum absolute atomic E-state index is 12.6. The largest absolute Gasteiger partial charge is 0.414 e. The van der Waals surface area contributed by atoms with Crippen molar-refractivity contribution in [1.82, 2.24) is 15.1 Å². The van der Waals surface area contributed by atoms with E-state index in [2.05, 4.69) is 15.1 Å². The Bertz CT molecular complexity index is 649. The van der Waals surface area contributed by atoms with Crippen LogP contribution in [0.25, 0.3) is 11.3 Å². The van der Waals surface area contributed by atoms with Gasteiger partial charge in [-0.25, -0.2) is 0 Å². The van der Waals surface area contributed by atoms with Gasteiger partial charge in [0.25, 0.3) is 0 Å². The van der Waals surface area contributed by atoms with Crippen LogP contribution >= 0.6 is 0 Å². The van der Waals surface area contributed by atoms with E-state index in [1.165, 1.54) is 0 Å². The third kappa shape index (κ3) is 3.96. The number of hydrogen-bond donors (Lipinski definition) is 2. The molecule has 2 aromatic rings. The van der Waals surface area contributed by atoms with Gasteiger partial charge in [0.05, 0.1) is 5.69 Å². The Morgan fingerprint density at radius 2 is 1.88 bits per heavy atom. The maximum Gasteiger partial charge on any atom is 0.414 e. The lowest BCUT2D eigenvalue weighted by molar-refractivity contribution is -0.223. The molecule has 0 spiro atoms. The van der Waals surface area contributed by atoms with Crippen LogP contribution in [0.3, 0.4) is 0 Å². The minimum absolute atomic E-state index is 0.348. The number of H-pyrrole nitrogens is 1. The number of aliphatic hydroxyl groups is 1. The van der Waals surface area contributed by atoms with E-state index in [0.29, 0.717) is 32.5 Å². The number of piperidine rings is 1. The highest BCUT2D eigenvalue weighted by molar-refractivity contribution is 5.58. The zero-order valence-electron chi connectivity index (χ0n) is 13.1. The Labute approximate surface area is 138 Å². The van der Waals surface area contributed by atoms with Gasteiger partial charge in [-0.05, 0) is 37.9 Å². The van der Waals surface area contributed by atoms with E-state index in [1.807, 2.05) is 36.4 Å². The van der Waals surface area contributed by atoms with E-state index in [-0.39, 0.29) is 0 Å². The monoisotopic (exact) mass is 339 g/mol. The molecule has 2 heterocycles. The minimum Gasteiger partial charge on any atom is -0.383 e. The van der Waals surface area contributed by atoms with Gasteiger partial charge in [0.15, 0.2) is 6.10 Å². The fourth-order valence-corrected chi connectivity index (χ4v) is 3.13. The van der Waals surface area contributed by atoms with Crippen molar-refractivity contribution in [2.75, 3.05) is 13.1 Å². The number of benzene rings is 1. The van der Waals surface area contributed by atoms with Crippen molar-refractivity contribution in [3.8, 4) is 11.3 Å². The Balaban J connectivity index is 1.55. The molecule has 1 aliphatic heterocycles. The quantitative estimate of drug-likeness (QED) is 0.899. The first-order chi connectivity index (χ1) is 11.4. The third-order valence-corrected chi connectivity index (χ3v) is 4.51. The molecule has 130 valence electrons. The summed E-state index contributed by atoms with van der Waals surface area (Å²) in [6, 6.07) is 11.7.